The average molecular weight is 255 g/mol. The van der Waals surface area contributed by atoms with E-state index in [2.05, 4.69) is 15.5 Å². The molecular weight excluding hydrogens is 234 g/mol. The van der Waals surface area contributed by atoms with Crippen LogP contribution in [-0.2, 0) is 14.3 Å². The fourth-order valence-corrected chi connectivity index (χ4v) is 2.58. The van der Waals surface area contributed by atoms with Crippen molar-refractivity contribution in [1.82, 2.24) is 15.5 Å². The zero-order valence-electron chi connectivity index (χ0n) is 10.8. The van der Waals surface area contributed by atoms with Crippen LogP contribution in [0.2, 0.25) is 0 Å². The number of carbonyl (C=O) groups is 2. The SMILES string of the molecule is CC(=O)NCC(=O)N[C@H]1COC[C@@H]1N1CCCC1. The third-order valence-corrected chi connectivity index (χ3v) is 3.50. The van der Waals surface area contributed by atoms with Crippen LogP contribution < -0.4 is 10.6 Å². The lowest BCUT2D eigenvalue weighted by atomic mass is 10.1. The molecule has 2 aliphatic rings. The fourth-order valence-electron chi connectivity index (χ4n) is 2.58. The van der Waals surface area contributed by atoms with Crippen LogP contribution in [0.4, 0.5) is 0 Å². The van der Waals surface area contributed by atoms with Gasteiger partial charge in [-0.25, -0.2) is 0 Å². The molecule has 2 atom stereocenters. The summed E-state index contributed by atoms with van der Waals surface area (Å²) in [5, 5.41) is 5.44. The first kappa shape index (κ1) is 13.3. The van der Waals surface area contributed by atoms with E-state index in [1.165, 1.54) is 19.8 Å². The van der Waals surface area contributed by atoms with Gasteiger partial charge in [-0.05, 0) is 25.9 Å². The third-order valence-electron chi connectivity index (χ3n) is 3.50. The van der Waals surface area contributed by atoms with Gasteiger partial charge in [0, 0.05) is 6.92 Å². The lowest BCUT2D eigenvalue weighted by Gasteiger charge is -2.27. The molecule has 6 nitrogen and oxygen atoms in total. The fraction of sp³-hybridized carbons (Fsp3) is 0.833. The van der Waals surface area contributed by atoms with Crippen molar-refractivity contribution < 1.29 is 14.3 Å². The third kappa shape index (κ3) is 3.43. The van der Waals surface area contributed by atoms with Gasteiger partial charge in [0.1, 0.15) is 0 Å². The number of amides is 2. The predicted molar refractivity (Wildman–Crippen MR) is 66.0 cm³/mol. The highest BCUT2D eigenvalue weighted by molar-refractivity contribution is 5.83. The molecule has 2 amide bonds. The summed E-state index contributed by atoms with van der Waals surface area (Å²) in [6.45, 7) is 4.87. The highest BCUT2D eigenvalue weighted by atomic mass is 16.5. The van der Waals surface area contributed by atoms with Crippen molar-refractivity contribution in [1.29, 1.82) is 0 Å². The quantitative estimate of drug-likeness (QED) is 0.683. The van der Waals surface area contributed by atoms with Crippen LogP contribution in [0.3, 0.4) is 0 Å². The normalized spacial score (nSPS) is 28.3. The monoisotopic (exact) mass is 255 g/mol. The molecular formula is C12H21N3O3. The van der Waals surface area contributed by atoms with Gasteiger partial charge in [-0.15, -0.1) is 0 Å². The summed E-state index contributed by atoms with van der Waals surface area (Å²) >= 11 is 0. The van der Waals surface area contributed by atoms with Crippen molar-refractivity contribution in [3.8, 4) is 0 Å². The molecule has 2 N–H and O–H groups in total. The zero-order chi connectivity index (χ0) is 13.0. The maximum atomic E-state index is 11.7. The number of nitrogens with one attached hydrogen (secondary N) is 2. The molecule has 2 aliphatic heterocycles. The van der Waals surface area contributed by atoms with Crippen molar-refractivity contribution >= 4 is 11.8 Å². The molecule has 2 heterocycles. The number of likely N-dealkylation sites (tertiary alicyclic amines) is 1. The van der Waals surface area contributed by atoms with Gasteiger partial charge in [-0.1, -0.05) is 0 Å². The summed E-state index contributed by atoms with van der Waals surface area (Å²) < 4.78 is 5.46. The first-order valence-electron chi connectivity index (χ1n) is 6.52. The molecule has 2 saturated heterocycles. The Labute approximate surface area is 107 Å². The van der Waals surface area contributed by atoms with E-state index in [1.54, 1.807) is 0 Å². The molecule has 18 heavy (non-hydrogen) atoms. The van der Waals surface area contributed by atoms with E-state index in [4.69, 9.17) is 4.74 Å². The standard InChI is InChI=1S/C12H21N3O3/c1-9(16)13-6-12(17)14-10-7-18-8-11(10)15-4-2-3-5-15/h10-11H,2-8H2,1H3,(H,13,16)(H,14,17)/t10-,11-/m0/s1. The summed E-state index contributed by atoms with van der Waals surface area (Å²) in [4.78, 5) is 24.8. The smallest absolute Gasteiger partial charge is 0.239 e. The predicted octanol–water partition coefficient (Wildman–Crippen LogP) is -0.898. The van der Waals surface area contributed by atoms with Crippen LogP contribution in [0.15, 0.2) is 0 Å². The molecule has 2 fully saturated rings. The van der Waals surface area contributed by atoms with Crippen LogP contribution in [-0.4, -0.2) is 61.6 Å². The van der Waals surface area contributed by atoms with E-state index in [9.17, 15) is 9.59 Å². The maximum Gasteiger partial charge on any atom is 0.239 e. The average Bonchev–Trinajstić information content (AvgIpc) is 2.95. The van der Waals surface area contributed by atoms with Crippen LogP contribution in [0.25, 0.3) is 0 Å². The van der Waals surface area contributed by atoms with Crippen molar-refractivity contribution in [2.24, 2.45) is 0 Å². The minimum absolute atomic E-state index is 0.0402. The van der Waals surface area contributed by atoms with Crippen LogP contribution in [0.1, 0.15) is 19.8 Å². The Hall–Kier alpha value is -1.14. The van der Waals surface area contributed by atoms with Crippen molar-refractivity contribution in [2.45, 2.75) is 31.8 Å². The Morgan fingerprint density at radius 1 is 1.28 bits per heavy atom. The van der Waals surface area contributed by atoms with Gasteiger partial charge in [0.25, 0.3) is 0 Å². The topological polar surface area (TPSA) is 70.7 Å². The number of carbonyl (C=O) groups excluding carboxylic acids is 2. The van der Waals surface area contributed by atoms with E-state index in [0.717, 1.165) is 13.1 Å². The summed E-state index contributed by atoms with van der Waals surface area (Å²) in [6, 6.07) is 0.332. The van der Waals surface area contributed by atoms with Crippen LogP contribution in [0, 0.1) is 0 Å². The van der Waals surface area contributed by atoms with Gasteiger partial charge in [0.15, 0.2) is 0 Å². The first-order chi connectivity index (χ1) is 8.66. The zero-order valence-corrected chi connectivity index (χ0v) is 10.8. The van der Waals surface area contributed by atoms with Gasteiger partial charge in [0.2, 0.25) is 11.8 Å². The van der Waals surface area contributed by atoms with Crippen LogP contribution in [0.5, 0.6) is 0 Å². The van der Waals surface area contributed by atoms with Crippen LogP contribution >= 0.6 is 0 Å². The Morgan fingerprint density at radius 3 is 2.67 bits per heavy atom. The second-order valence-corrected chi connectivity index (χ2v) is 4.93. The van der Waals surface area contributed by atoms with Crippen molar-refractivity contribution in [3.05, 3.63) is 0 Å². The number of nitrogens with zero attached hydrogens (tertiary/aromatic N) is 1. The van der Waals surface area contributed by atoms with E-state index in [0.29, 0.717) is 13.2 Å². The van der Waals surface area contributed by atoms with E-state index >= 15 is 0 Å². The van der Waals surface area contributed by atoms with Gasteiger partial charge in [-0.2, -0.15) is 0 Å². The molecule has 0 unspecified atom stereocenters. The molecule has 0 aromatic rings. The highest BCUT2D eigenvalue weighted by Crippen LogP contribution is 2.18. The molecule has 0 aromatic heterocycles. The summed E-state index contributed by atoms with van der Waals surface area (Å²) in [5.74, 6) is -0.339. The Kier molecular flexibility index (Phi) is 4.54. The molecule has 0 saturated carbocycles. The van der Waals surface area contributed by atoms with Crippen molar-refractivity contribution in [2.75, 3.05) is 32.8 Å². The Morgan fingerprint density at radius 2 is 2.00 bits per heavy atom. The highest BCUT2D eigenvalue weighted by Gasteiger charge is 2.35. The molecule has 2 rings (SSSR count). The number of rotatable bonds is 4. The minimum Gasteiger partial charge on any atom is -0.378 e. The van der Waals surface area contributed by atoms with Gasteiger partial charge in [0.05, 0.1) is 31.8 Å². The largest absolute Gasteiger partial charge is 0.378 e. The van der Waals surface area contributed by atoms with E-state index in [1.807, 2.05) is 0 Å². The molecule has 0 bridgehead atoms. The Balaban J connectivity index is 1.80. The summed E-state index contributed by atoms with van der Waals surface area (Å²) in [5.41, 5.74) is 0. The molecule has 0 spiro atoms. The van der Waals surface area contributed by atoms with E-state index < -0.39 is 0 Å². The molecule has 0 aliphatic carbocycles. The molecule has 0 aromatic carbocycles. The van der Waals surface area contributed by atoms with Gasteiger partial charge < -0.3 is 15.4 Å². The number of hydrogen-bond donors (Lipinski definition) is 2. The lowest BCUT2D eigenvalue weighted by molar-refractivity contribution is -0.125. The minimum atomic E-state index is -0.191. The second-order valence-electron chi connectivity index (χ2n) is 4.93. The summed E-state index contributed by atoms with van der Waals surface area (Å²) in [6.07, 6.45) is 2.45. The molecule has 6 heteroatoms. The molecule has 102 valence electrons. The maximum absolute atomic E-state index is 11.7. The summed E-state index contributed by atoms with van der Waals surface area (Å²) in [7, 11) is 0. The first-order valence-corrected chi connectivity index (χ1v) is 6.52. The van der Waals surface area contributed by atoms with Gasteiger partial charge >= 0.3 is 0 Å². The van der Waals surface area contributed by atoms with Gasteiger partial charge in [-0.3, -0.25) is 14.5 Å². The van der Waals surface area contributed by atoms with Crippen molar-refractivity contribution in [3.63, 3.8) is 0 Å². The Bertz CT molecular complexity index is 316. The molecule has 0 radical (unpaired) electrons. The number of hydrogen-bond acceptors (Lipinski definition) is 4. The lowest BCUT2D eigenvalue weighted by Crippen LogP contribution is -2.52. The second kappa shape index (κ2) is 6.15. The number of ether oxygens (including phenoxy) is 1. The van der Waals surface area contributed by atoms with E-state index in [-0.39, 0.29) is 30.4 Å².